The Morgan fingerprint density at radius 3 is 2.59 bits per heavy atom. The highest BCUT2D eigenvalue weighted by molar-refractivity contribution is 5.48. The van der Waals surface area contributed by atoms with E-state index in [0.717, 1.165) is 38.5 Å². The van der Waals surface area contributed by atoms with E-state index in [1.54, 1.807) is 6.20 Å². The van der Waals surface area contributed by atoms with E-state index in [0.29, 0.717) is 12.0 Å². The molecule has 2 aliphatic rings. The summed E-state index contributed by atoms with van der Waals surface area (Å²) < 4.78 is 0. The van der Waals surface area contributed by atoms with Crippen molar-refractivity contribution < 1.29 is 0 Å². The maximum Gasteiger partial charge on any atom is 0.244 e. The number of nitrogens with zero attached hydrogens (tertiary/aromatic N) is 5. The van der Waals surface area contributed by atoms with E-state index in [1.165, 1.54) is 31.2 Å². The SMILES string of the molecule is C(=C\c1ccccc1)/CN1CCN(c2cnnc(NC3CCCC3)n2)CC1. The highest BCUT2D eigenvalue weighted by Gasteiger charge is 2.19. The van der Waals surface area contributed by atoms with Crippen LogP contribution in [0.4, 0.5) is 11.8 Å². The van der Waals surface area contributed by atoms with Gasteiger partial charge in [-0.05, 0) is 18.4 Å². The normalized spacial score (nSPS) is 19.0. The van der Waals surface area contributed by atoms with E-state index in [1.807, 2.05) is 6.07 Å². The number of aromatic nitrogens is 3. The third-order valence-electron chi connectivity index (χ3n) is 5.40. The molecule has 0 bridgehead atoms. The lowest BCUT2D eigenvalue weighted by Gasteiger charge is -2.34. The summed E-state index contributed by atoms with van der Waals surface area (Å²) in [5, 5.41) is 11.8. The van der Waals surface area contributed by atoms with Crippen molar-refractivity contribution in [2.24, 2.45) is 0 Å². The van der Waals surface area contributed by atoms with Crippen LogP contribution in [0.2, 0.25) is 0 Å². The summed E-state index contributed by atoms with van der Waals surface area (Å²) in [7, 11) is 0. The topological polar surface area (TPSA) is 57.2 Å². The fourth-order valence-electron chi connectivity index (χ4n) is 3.82. The lowest BCUT2D eigenvalue weighted by Crippen LogP contribution is -2.46. The molecule has 1 aliphatic heterocycles. The van der Waals surface area contributed by atoms with Crippen LogP contribution in [0.25, 0.3) is 6.08 Å². The number of rotatable bonds is 6. The van der Waals surface area contributed by atoms with Crippen LogP contribution in [-0.2, 0) is 0 Å². The predicted octanol–water partition coefficient (Wildman–Crippen LogP) is 3.06. The molecule has 1 aliphatic carbocycles. The van der Waals surface area contributed by atoms with Gasteiger partial charge >= 0.3 is 0 Å². The molecule has 2 aromatic rings. The van der Waals surface area contributed by atoms with Gasteiger partial charge < -0.3 is 10.2 Å². The zero-order chi connectivity index (χ0) is 18.3. The average Bonchev–Trinajstić information content (AvgIpc) is 3.23. The summed E-state index contributed by atoms with van der Waals surface area (Å²) in [5.74, 6) is 1.61. The first-order chi connectivity index (χ1) is 13.4. The predicted molar refractivity (Wildman–Crippen MR) is 110 cm³/mol. The van der Waals surface area contributed by atoms with Crippen molar-refractivity contribution >= 4 is 17.8 Å². The average molecular weight is 364 g/mol. The number of piperazine rings is 1. The van der Waals surface area contributed by atoms with Crippen molar-refractivity contribution in [2.45, 2.75) is 31.7 Å². The Hall–Kier alpha value is -2.47. The van der Waals surface area contributed by atoms with E-state index in [-0.39, 0.29) is 0 Å². The van der Waals surface area contributed by atoms with Crippen LogP contribution in [-0.4, -0.2) is 58.8 Å². The van der Waals surface area contributed by atoms with Crippen molar-refractivity contribution in [3.8, 4) is 0 Å². The number of nitrogens with one attached hydrogen (secondary N) is 1. The molecule has 1 saturated heterocycles. The van der Waals surface area contributed by atoms with E-state index in [2.05, 4.69) is 61.7 Å². The minimum atomic E-state index is 0.510. The second-order valence-electron chi connectivity index (χ2n) is 7.36. The van der Waals surface area contributed by atoms with Crippen molar-refractivity contribution in [1.29, 1.82) is 0 Å². The number of benzene rings is 1. The van der Waals surface area contributed by atoms with Gasteiger partial charge in [0.1, 0.15) is 0 Å². The summed E-state index contributed by atoms with van der Waals surface area (Å²) in [4.78, 5) is 9.48. The summed E-state index contributed by atoms with van der Waals surface area (Å²) in [6.45, 7) is 5.00. The van der Waals surface area contributed by atoms with Crippen LogP contribution in [0.15, 0.2) is 42.6 Å². The zero-order valence-corrected chi connectivity index (χ0v) is 15.8. The molecule has 1 aromatic heterocycles. The van der Waals surface area contributed by atoms with Crippen molar-refractivity contribution in [3.05, 3.63) is 48.2 Å². The largest absolute Gasteiger partial charge is 0.353 e. The molecule has 0 unspecified atom stereocenters. The van der Waals surface area contributed by atoms with Gasteiger partial charge in [0.25, 0.3) is 0 Å². The molecule has 0 amide bonds. The number of hydrogen-bond acceptors (Lipinski definition) is 6. The highest BCUT2D eigenvalue weighted by Crippen LogP contribution is 2.21. The summed E-state index contributed by atoms with van der Waals surface area (Å²) in [6.07, 6.45) is 11.2. The lowest BCUT2D eigenvalue weighted by atomic mass is 10.2. The standard InChI is InChI=1S/C21H28N6/c1-2-7-18(8-3-1)9-6-12-26-13-15-27(16-14-26)20-17-22-25-21(24-20)23-19-10-4-5-11-19/h1-3,6-9,17,19H,4-5,10-16H2,(H,23,24,25)/b9-6+. The number of hydrogen-bond donors (Lipinski definition) is 1. The Bertz CT molecular complexity index is 733. The molecule has 1 aromatic carbocycles. The van der Waals surface area contributed by atoms with Crippen molar-refractivity contribution in [1.82, 2.24) is 20.1 Å². The molecule has 0 radical (unpaired) electrons. The molecule has 4 rings (SSSR count). The van der Waals surface area contributed by atoms with Gasteiger partial charge in [0.15, 0.2) is 5.82 Å². The second kappa shape index (κ2) is 8.95. The van der Waals surface area contributed by atoms with Gasteiger partial charge in [-0.2, -0.15) is 10.1 Å². The van der Waals surface area contributed by atoms with Gasteiger partial charge in [-0.1, -0.05) is 55.3 Å². The molecule has 2 heterocycles. The monoisotopic (exact) mass is 364 g/mol. The first-order valence-electron chi connectivity index (χ1n) is 10.0. The molecular formula is C21H28N6. The Balaban J connectivity index is 1.27. The quantitative estimate of drug-likeness (QED) is 0.850. The molecule has 0 atom stereocenters. The third-order valence-corrected chi connectivity index (χ3v) is 5.40. The van der Waals surface area contributed by atoms with Crippen LogP contribution >= 0.6 is 0 Å². The Morgan fingerprint density at radius 2 is 1.81 bits per heavy atom. The van der Waals surface area contributed by atoms with Crippen LogP contribution in [0, 0.1) is 0 Å². The van der Waals surface area contributed by atoms with Crippen molar-refractivity contribution in [2.75, 3.05) is 42.9 Å². The molecular weight excluding hydrogens is 336 g/mol. The molecule has 6 heteroatoms. The van der Waals surface area contributed by atoms with Gasteiger partial charge in [-0.15, -0.1) is 5.10 Å². The van der Waals surface area contributed by atoms with E-state index >= 15 is 0 Å². The molecule has 1 saturated carbocycles. The molecule has 1 N–H and O–H groups in total. The Labute approximate surface area is 161 Å². The van der Waals surface area contributed by atoms with Crippen LogP contribution in [0.5, 0.6) is 0 Å². The van der Waals surface area contributed by atoms with Gasteiger partial charge in [0, 0.05) is 38.8 Å². The van der Waals surface area contributed by atoms with Gasteiger partial charge in [0.2, 0.25) is 5.95 Å². The summed E-state index contributed by atoms with van der Waals surface area (Å²) >= 11 is 0. The third kappa shape index (κ3) is 5.04. The van der Waals surface area contributed by atoms with Crippen LogP contribution in [0.1, 0.15) is 31.2 Å². The first kappa shape index (κ1) is 17.9. The van der Waals surface area contributed by atoms with Gasteiger partial charge in [-0.25, -0.2) is 0 Å². The Morgan fingerprint density at radius 1 is 1.04 bits per heavy atom. The minimum Gasteiger partial charge on any atom is -0.353 e. The van der Waals surface area contributed by atoms with Gasteiger partial charge in [-0.3, -0.25) is 4.90 Å². The second-order valence-corrected chi connectivity index (χ2v) is 7.36. The maximum atomic E-state index is 4.70. The zero-order valence-electron chi connectivity index (χ0n) is 15.8. The van der Waals surface area contributed by atoms with Crippen LogP contribution in [0.3, 0.4) is 0 Å². The fraction of sp³-hybridized carbons (Fsp3) is 0.476. The number of anilines is 2. The van der Waals surface area contributed by atoms with E-state index in [9.17, 15) is 0 Å². The summed E-state index contributed by atoms with van der Waals surface area (Å²) in [6, 6.07) is 11.0. The van der Waals surface area contributed by atoms with Crippen LogP contribution < -0.4 is 10.2 Å². The highest BCUT2D eigenvalue weighted by atomic mass is 15.3. The first-order valence-corrected chi connectivity index (χ1v) is 10.0. The molecule has 0 spiro atoms. The Kier molecular flexibility index (Phi) is 5.94. The lowest BCUT2D eigenvalue weighted by molar-refractivity contribution is 0.283. The fourth-order valence-corrected chi connectivity index (χ4v) is 3.82. The molecule has 142 valence electrons. The molecule has 6 nitrogen and oxygen atoms in total. The minimum absolute atomic E-state index is 0.510. The van der Waals surface area contributed by atoms with E-state index < -0.39 is 0 Å². The summed E-state index contributed by atoms with van der Waals surface area (Å²) in [5.41, 5.74) is 1.26. The van der Waals surface area contributed by atoms with E-state index in [4.69, 9.17) is 4.98 Å². The molecule has 2 fully saturated rings. The smallest absolute Gasteiger partial charge is 0.244 e. The molecule has 27 heavy (non-hydrogen) atoms. The maximum absolute atomic E-state index is 4.70. The van der Waals surface area contributed by atoms with Gasteiger partial charge in [0.05, 0.1) is 6.20 Å². The van der Waals surface area contributed by atoms with Crippen molar-refractivity contribution in [3.63, 3.8) is 0 Å².